The molecule has 2 nitrogen and oxygen atoms in total. The van der Waals surface area contributed by atoms with Crippen molar-refractivity contribution in [1.82, 2.24) is 0 Å². The highest BCUT2D eigenvalue weighted by Gasteiger charge is 2.52. The Hall–Kier alpha value is -0.865. The van der Waals surface area contributed by atoms with Crippen molar-refractivity contribution in [2.75, 3.05) is 0 Å². The molecule has 1 aromatic carbocycles. The molecule has 0 unspecified atom stereocenters. The van der Waals surface area contributed by atoms with Crippen LogP contribution < -0.4 is 5.46 Å². The first-order valence-corrected chi connectivity index (χ1v) is 7.26. The highest BCUT2D eigenvalue weighted by molar-refractivity contribution is 6.62. The van der Waals surface area contributed by atoms with E-state index in [1.54, 1.807) is 0 Å². The third-order valence-electron chi connectivity index (χ3n) is 4.21. The van der Waals surface area contributed by atoms with Crippen molar-refractivity contribution in [3.05, 3.63) is 29.6 Å². The lowest BCUT2D eigenvalue weighted by Gasteiger charge is -2.32. The first kappa shape index (κ1) is 15.5. The van der Waals surface area contributed by atoms with Crippen LogP contribution in [0.5, 0.6) is 0 Å². The lowest BCUT2D eigenvalue weighted by atomic mass is 9.77. The molecule has 110 valence electrons. The second kappa shape index (κ2) is 5.16. The maximum atomic E-state index is 14.1. The van der Waals surface area contributed by atoms with Crippen LogP contribution in [0.1, 0.15) is 47.1 Å². The van der Waals surface area contributed by atoms with E-state index in [9.17, 15) is 4.39 Å². The van der Waals surface area contributed by atoms with Crippen LogP contribution in [0.25, 0.3) is 0 Å². The maximum Gasteiger partial charge on any atom is 0.497 e. The highest BCUT2D eigenvalue weighted by atomic mass is 19.1. The Morgan fingerprint density at radius 3 is 2.15 bits per heavy atom. The molecule has 1 fully saturated rings. The largest absolute Gasteiger partial charge is 0.497 e. The van der Waals surface area contributed by atoms with E-state index in [-0.39, 0.29) is 5.82 Å². The Balaban J connectivity index is 2.30. The molecule has 1 aliphatic heterocycles. The van der Waals surface area contributed by atoms with Gasteiger partial charge in [0.25, 0.3) is 0 Å². The molecule has 0 atom stereocenters. The van der Waals surface area contributed by atoms with Gasteiger partial charge in [-0.3, -0.25) is 0 Å². The van der Waals surface area contributed by atoms with Crippen LogP contribution in [0, 0.1) is 11.7 Å². The van der Waals surface area contributed by atoms with E-state index in [2.05, 4.69) is 13.8 Å². The van der Waals surface area contributed by atoms with Gasteiger partial charge < -0.3 is 9.31 Å². The van der Waals surface area contributed by atoms with E-state index >= 15 is 0 Å². The Kier molecular flexibility index (Phi) is 4.00. The fourth-order valence-electron chi connectivity index (χ4n) is 2.34. The van der Waals surface area contributed by atoms with E-state index in [4.69, 9.17) is 9.31 Å². The third kappa shape index (κ3) is 2.91. The molecule has 1 aromatic rings. The Morgan fingerprint density at radius 2 is 1.65 bits per heavy atom. The first-order valence-electron chi connectivity index (χ1n) is 7.26. The second-order valence-electron chi connectivity index (χ2n) is 7.04. The van der Waals surface area contributed by atoms with E-state index in [1.165, 1.54) is 6.07 Å². The van der Waals surface area contributed by atoms with Crippen LogP contribution in [0.2, 0.25) is 0 Å². The fraction of sp³-hybridized carbons (Fsp3) is 0.625. The summed E-state index contributed by atoms with van der Waals surface area (Å²) in [5.74, 6) is 0.266. The van der Waals surface area contributed by atoms with Gasteiger partial charge in [0.2, 0.25) is 0 Å². The average molecular weight is 278 g/mol. The van der Waals surface area contributed by atoms with Crippen molar-refractivity contribution in [3.63, 3.8) is 0 Å². The molecule has 0 aliphatic carbocycles. The van der Waals surface area contributed by atoms with Gasteiger partial charge in [0.05, 0.1) is 11.2 Å². The predicted octanol–water partition coefficient (Wildman–Crippen LogP) is 3.32. The molecule has 0 amide bonds. The molecule has 0 N–H and O–H groups in total. The van der Waals surface area contributed by atoms with E-state index in [0.717, 1.165) is 12.0 Å². The zero-order chi connectivity index (χ0) is 15.1. The van der Waals surface area contributed by atoms with Gasteiger partial charge in [-0.15, -0.1) is 0 Å². The van der Waals surface area contributed by atoms with Gasteiger partial charge in [-0.1, -0.05) is 26.0 Å². The lowest BCUT2D eigenvalue weighted by molar-refractivity contribution is 0.00578. The van der Waals surface area contributed by atoms with Crippen LogP contribution >= 0.6 is 0 Å². The van der Waals surface area contributed by atoms with Gasteiger partial charge in [-0.05, 0) is 51.7 Å². The van der Waals surface area contributed by atoms with Gasteiger partial charge in [-0.2, -0.15) is 0 Å². The zero-order valence-corrected chi connectivity index (χ0v) is 13.3. The van der Waals surface area contributed by atoms with Gasteiger partial charge in [0.15, 0.2) is 0 Å². The molecular weight excluding hydrogens is 254 g/mol. The Bertz CT molecular complexity index is 481. The van der Waals surface area contributed by atoms with Crippen LogP contribution in [0.4, 0.5) is 4.39 Å². The summed E-state index contributed by atoms with van der Waals surface area (Å²) < 4.78 is 26.0. The van der Waals surface area contributed by atoms with Crippen LogP contribution in [0.3, 0.4) is 0 Å². The van der Waals surface area contributed by atoms with E-state index in [0.29, 0.717) is 11.4 Å². The number of benzene rings is 1. The SMILES string of the molecule is CC(C)Cc1ccc(F)c(B2OC(C)(C)C(C)(C)O2)c1. The molecule has 20 heavy (non-hydrogen) atoms. The summed E-state index contributed by atoms with van der Waals surface area (Å²) in [6.45, 7) is 12.2. The van der Waals surface area contributed by atoms with E-state index < -0.39 is 18.3 Å². The number of halogens is 1. The number of rotatable bonds is 3. The molecular formula is C16H24BFO2. The number of hydrogen-bond donors (Lipinski definition) is 0. The topological polar surface area (TPSA) is 18.5 Å². The monoisotopic (exact) mass is 278 g/mol. The van der Waals surface area contributed by atoms with E-state index in [1.807, 2.05) is 39.8 Å². The van der Waals surface area contributed by atoms with Crippen molar-refractivity contribution in [3.8, 4) is 0 Å². The summed E-state index contributed by atoms with van der Waals surface area (Å²) in [6, 6.07) is 5.22. The standard InChI is InChI=1S/C16H24BFO2/c1-11(2)9-12-7-8-14(18)13(10-12)17-19-15(3,4)16(5,6)20-17/h7-8,10-11H,9H2,1-6H3. The predicted molar refractivity (Wildman–Crippen MR) is 80.7 cm³/mol. The molecule has 0 aromatic heterocycles. The van der Waals surface area contributed by atoms with Gasteiger partial charge in [0.1, 0.15) is 5.82 Å². The first-order chi connectivity index (χ1) is 9.12. The highest BCUT2D eigenvalue weighted by Crippen LogP contribution is 2.36. The van der Waals surface area contributed by atoms with Crippen molar-refractivity contribution in [2.45, 2.75) is 59.2 Å². The Labute approximate surface area is 121 Å². The summed E-state index contributed by atoms with van der Waals surface area (Å²) in [5.41, 5.74) is 0.726. The average Bonchev–Trinajstić information content (AvgIpc) is 2.50. The molecule has 0 radical (unpaired) electrons. The molecule has 0 bridgehead atoms. The minimum Gasteiger partial charge on any atom is -0.399 e. The van der Waals surface area contributed by atoms with Crippen molar-refractivity contribution in [1.29, 1.82) is 0 Å². The van der Waals surface area contributed by atoms with Crippen molar-refractivity contribution in [2.24, 2.45) is 5.92 Å². The summed E-state index contributed by atoms with van der Waals surface area (Å²) in [5, 5.41) is 0. The summed E-state index contributed by atoms with van der Waals surface area (Å²) in [4.78, 5) is 0. The summed E-state index contributed by atoms with van der Waals surface area (Å²) >= 11 is 0. The summed E-state index contributed by atoms with van der Waals surface area (Å²) in [6.07, 6.45) is 0.923. The van der Waals surface area contributed by atoms with Gasteiger partial charge >= 0.3 is 7.12 Å². The van der Waals surface area contributed by atoms with Crippen LogP contribution in [-0.4, -0.2) is 18.3 Å². The Morgan fingerprint density at radius 1 is 1.10 bits per heavy atom. The van der Waals surface area contributed by atoms with Crippen molar-refractivity contribution < 1.29 is 13.7 Å². The minimum atomic E-state index is -0.632. The van der Waals surface area contributed by atoms with Crippen LogP contribution in [-0.2, 0) is 15.7 Å². The second-order valence-corrected chi connectivity index (χ2v) is 7.04. The molecule has 1 aliphatic rings. The lowest BCUT2D eigenvalue weighted by Crippen LogP contribution is -2.41. The smallest absolute Gasteiger partial charge is 0.399 e. The fourth-order valence-corrected chi connectivity index (χ4v) is 2.34. The molecule has 0 saturated carbocycles. The molecule has 0 spiro atoms. The van der Waals surface area contributed by atoms with Crippen molar-refractivity contribution >= 4 is 12.6 Å². The number of hydrogen-bond acceptors (Lipinski definition) is 2. The quantitative estimate of drug-likeness (QED) is 0.790. The molecule has 1 heterocycles. The van der Waals surface area contributed by atoms with Gasteiger partial charge in [0, 0.05) is 5.46 Å². The zero-order valence-electron chi connectivity index (χ0n) is 13.3. The maximum absolute atomic E-state index is 14.1. The minimum absolute atomic E-state index is 0.268. The van der Waals surface area contributed by atoms with Gasteiger partial charge in [-0.25, -0.2) is 4.39 Å². The molecule has 4 heteroatoms. The summed E-state index contributed by atoms with van der Waals surface area (Å²) in [7, 11) is -0.632. The normalized spacial score (nSPS) is 20.7. The molecule has 1 saturated heterocycles. The third-order valence-corrected chi connectivity index (χ3v) is 4.21. The van der Waals surface area contributed by atoms with Crippen LogP contribution in [0.15, 0.2) is 18.2 Å². The molecule has 2 rings (SSSR count).